The van der Waals surface area contributed by atoms with Crippen molar-refractivity contribution in [2.45, 2.75) is 33.2 Å². The molecule has 2 aromatic rings. The summed E-state index contributed by atoms with van der Waals surface area (Å²) < 4.78 is 0. The zero-order valence-corrected chi connectivity index (χ0v) is 14.4. The molecule has 3 heterocycles. The molecule has 0 unspecified atom stereocenters. The van der Waals surface area contributed by atoms with Gasteiger partial charge in [0.1, 0.15) is 5.69 Å². The van der Waals surface area contributed by atoms with Crippen LogP contribution in [0.1, 0.15) is 40.8 Å². The van der Waals surface area contributed by atoms with Gasteiger partial charge >= 0.3 is 0 Å². The Labute approximate surface area is 140 Å². The van der Waals surface area contributed by atoms with Gasteiger partial charge in [-0.15, -0.1) is 11.3 Å². The maximum absolute atomic E-state index is 12.1. The van der Waals surface area contributed by atoms with Crippen LogP contribution in [-0.4, -0.2) is 33.9 Å². The van der Waals surface area contributed by atoms with Gasteiger partial charge in [0.25, 0.3) is 5.91 Å². The number of carbonyl (C=O) groups excluding carboxylic acids is 1. The van der Waals surface area contributed by atoms with Gasteiger partial charge in [-0.25, -0.2) is 4.98 Å². The number of nitrogens with zero attached hydrogens (tertiary/aromatic N) is 3. The lowest BCUT2D eigenvalue weighted by Gasteiger charge is -2.29. The van der Waals surface area contributed by atoms with E-state index in [4.69, 9.17) is 0 Å². The van der Waals surface area contributed by atoms with Crippen LogP contribution in [0.3, 0.4) is 0 Å². The molecule has 23 heavy (non-hydrogen) atoms. The van der Waals surface area contributed by atoms with Crippen LogP contribution in [0.2, 0.25) is 0 Å². The molecule has 6 heteroatoms. The summed E-state index contributed by atoms with van der Waals surface area (Å²) in [5.41, 5.74) is 1.41. The highest BCUT2D eigenvalue weighted by Crippen LogP contribution is 2.26. The number of aryl methyl sites for hydroxylation is 1. The Morgan fingerprint density at radius 2 is 2.17 bits per heavy atom. The van der Waals surface area contributed by atoms with E-state index in [1.165, 1.54) is 17.7 Å². The van der Waals surface area contributed by atoms with Crippen LogP contribution in [-0.2, 0) is 6.54 Å². The van der Waals surface area contributed by atoms with Crippen molar-refractivity contribution in [2.75, 3.05) is 18.4 Å². The van der Waals surface area contributed by atoms with Crippen LogP contribution in [0.15, 0.2) is 24.4 Å². The van der Waals surface area contributed by atoms with Crippen molar-refractivity contribution < 1.29 is 4.79 Å². The Hall–Kier alpha value is -1.79. The number of carbonyl (C=O) groups is 1. The summed E-state index contributed by atoms with van der Waals surface area (Å²) in [5.74, 6) is 0.625. The zero-order valence-electron chi connectivity index (χ0n) is 13.6. The molecular weight excluding hydrogens is 308 g/mol. The first kappa shape index (κ1) is 16.1. The van der Waals surface area contributed by atoms with Crippen LogP contribution in [0.5, 0.6) is 0 Å². The first-order valence-corrected chi connectivity index (χ1v) is 8.84. The molecular formula is C17H22N4OS. The van der Waals surface area contributed by atoms with Crippen molar-refractivity contribution in [3.05, 3.63) is 40.7 Å². The normalized spacial score (nSPS) is 16.4. The highest BCUT2D eigenvalue weighted by atomic mass is 32.1. The van der Waals surface area contributed by atoms with Gasteiger partial charge in [0.2, 0.25) is 0 Å². The topological polar surface area (TPSA) is 58.1 Å². The second kappa shape index (κ2) is 7.19. The van der Waals surface area contributed by atoms with E-state index in [0.29, 0.717) is 10.8 Å². The van der Waals surface area contributed by atoms with Crippen molar-refractivity contribution in [2.24, 2.45) is 5.92 Å². The molecule has 1 aliphatic rings. The summed E-state index contributed by atoms with van der Waals surface area (Å²) in [7, 11) is 0. The zero-order chi connectivity index (χ0) is 16.2. The number of anilines is 1. The molecule has 1 aliphatic heterocycles. The Morgan fingerprint density at radius 1 is 1.39 bits per heavy atom. The standard InChI is InChI=1S/C17H22N4OS/c1-12-6-9-21(10-7-12)11-15-13(2)19-17(23-15)20-16(22)14-5-3-4-8-18-14/h3-5,8,12H,6-7,9-11H2,1-2H3,(H,19,20,22). The van der Waals surface area contributed by atoms with E-state index < -0.39 is 0 Å². The molecule has 1 saturated heterocycles. The summed E-state index contributed by atoms with van der Waals surface area (Å²) in [5, 5.41) is 3.50. The lowest BCUT2D eigenvalue weighted by atomic mass is 9.99. The molecule has 122 valence electrons. The summed E-state index contributed by atoms with van der Waals surface area (Å²) in [4.78, 5) is 24.4. The van der Waals surface area contributed by atoms with Crippen LogP contribution < -0.4 is 5.32 Å². The van der Waals surface area contributed by atoms with Gasteiger partial charge in [-0.05, 0) is 50.9 Å². The van der Waals surface area contributed by atoms with E-state index in [1.807, 2.05) is 6.92 Å². The Kier molecular flexibility index (Phi) is 5.03. The van der Waals surface area contributed by atoms with Crippen LogP contribution >= 0.6 is 11.3 Å². The average Bonchev–Trinajstić information content (AvgIpc) is 2.90. The van der Waals surface area contributed by atoms with Crippen molar-refractivity contribution in [3.8, 4) is 0 Å². The minimum atomic E-state index is -0.210. The van der Waals surface area contributed by atoms with Gasteiger partial charge in [0, 0.05) is 17.6 Å². The fourth-order valence-electron chi connectivity index (χ4n) is 2.71. The average molecular weight is 330 g/mol. The number of nitrogens with one attached hydrogen (secondary N) is 1. The number of piperidine rings is 1. The quantitative estimate of drug-likeness (QED) is 0.934. The lowest BCUT2D eigenvalue weighted by molar-refractivity contribution is 0.102. The molecule has 0 aliphatic carbocycles. The molecule has 5 nitrogen and oxygen atoms in total. The number of pyridine rings is 1. The van der Waals surface area contributed by atoms with E-state index in [2.05, 4.69) is 27.1 Å². The third kappa shape index (κ3) is 4.14. The summed E-state index contributed by atoms with van der Waals surface area (Å²) in [6.07, 6.45) is 4.15. The molecule has 3 rings (SSSR count). The summed E-state index contributed by atoms with van der Waals surface area (Å²) >= 11 is 1.56. The number of amides is 1. The second-order valence-corrected chi connectivity index (χ2v) is 7.24. The number of thiazole rings is 1. The van der Waals surface area contributed by atoms with Gasteiger partial charge < -0.3 is 0 Å². The lowest BCUT2D eigenvalue weighted by Crippen LogP contribution is -2.32. The van der Waals surface area contributed by atoms with Crippen molar-refractivity contribution in [1.82, 2.24) is 14.9 Å². The van der Waals surface area contributed by atoms with E-state index in [-0.39, 0.29) is 5.91 Å². The minimum absolute atomic E-state index is 0.210. The maximum atomic E-state index is 12.1. The number of hydrogen-bond acceptors (Lipinski definition) is 5. The third-order valence-electron chi connectivity index (χ3n) is 4.25. The molecule has 0 atom stereocenters. The number of hydrogen-bond donors (Lipinski definition) is 1. The SMILES string of the molecule is Cc1nc(NC(=O)c2ccccn2)sc1CN1CCC(C)CC1. The van der Waals surface area contributed by atoms with Crippen molar-refractivity contribution in [1.29, 1.82) is 0 Å². The molecule has 0 spiro atoms. The molecule has 1 fully saturated rings. The first-order valence-electron chi connectivity index (χ1n) is 8.03. The fourth-order valence-corrected chi connectivity index (χ4v) is 3.71. The van der Waals surface area contributed by atoms with Crippen LogP contribution in [0.4, 0.5) is 5.13 Å². The molecule has 1 N–H and O–H groups in total. The van der Waals surface area contributed by atoms with E-state index in [1.54, 1.807) is 35.7 Å². The Morgan fingerprint density at radius 3 is 2.87 bits per heavy atom. The predicted octanol–water partition coefficient (Wildman–Crippen LogP) is 3.33. The van der Waals surface area contributed by atoms with Gasteiger partial charge in [-0.3, -0.25) is 20.0 Å². The molecule has 0 aromatic carbocycles. The fraction of sp³-hybridized carbons (Fsp3) is 0.471. The number of rotatable bonds is 4. The van der Waals surface area contributed by atoms with E-state index >= 15 is 0 Å². The summed E-state index contributed by atoms with van der Waals surface area (Å²) in [6.45, 7) is 7.55. The Balaban J connectivity index is 1.63. The smallest absolute Gasteiger partial charge is 0.276 e. The van der Waals surface area contributed by atoms with Crippen molar-refractivity contribution >= 4 is 22.4 Å². The molecule has 0 bridgehead atoms. The maximum Gasteiger partial charge on any atom is 0.276 e. The Bertz CT molecular complexity index is 662. The third-order valence-corrected chi connectivity index (χ3v) is 5.31. The minimum Gasteiger partial charge on any atom is -0.298 e. The highest BCUT2D eigenvalue weighted by molar-refractivity contribution is 7.15. The summed E-state index contributed by atoms with van der Waals surface area (Å²) in [6, 6.07) is 5.30. The van der Waals surface area contributed by atoms with Crippen LogP contribution in [0, 0.1) is 12.8 Å². The number of aromatic nitrogens is 2. The van der Waals surface area contributed by atoms with Gasteiger partial charge in [0.15, 0.2) is 5.13 Å². The first-order chi connectivity index (χ1) is 11.1. The van der Waals surface area contributed by atoms with Gasteiger partial charge in [-0.2, -0.15) is 0 Å². The molecule has 1 amide bonds. The monoisotopic (exact) mass is 330 g/mol. The molecule has 2 aromatic heterocycles. The molecule has 0 saturated carbocycles. The highest BCUT2D eigenvalue weighted by Gasteiger charge is 2.19. The van der Waals surface area contributed by atoms with Gasteiger partial charge in [0.05, 0.1) is 5.69 Å². The largest absolute Gasteiger partial charge is 0.298 e. The van der Waals surface area contributed by atoms with E-state index in [0.717, 1.165) is 31.2 Å². The van der Waals surface area contributed by atoms with Crippen molar-refractivity contribution in [3.63, 3.8) is 0 Å². The van der Waals surface area contributed by atoms with E-state index in [9.17, 15) is 4.79 Å². The predicted molar refractivity (Wildman–Crippen MR) is 92.7 cm³/mol. The second-order valence-electron chi connectivity index (χ2n) is 6.16. The van der Waals surface area contributed by atoms with Crippen LogP contribution in [0.25, 0.3) is 0 Å². The van der Waals surface area contributed by atoms with Gasteiger partial charge in [-0.1, -0.05) is 13.0 Å². The molecule has 0 radical (unpaired) electrons. The number of likely N-dealkylation sites (tertiary alicyclic amines) is 1.